The van der Waals surface area contributed by atoms with Gasteiger partial charge in [0.25, 0.3) is 5.91 Å². The molecule has 2 N–H and O–H groups in total. The molecule has 0 aliphatic carbocycles. The van der Waals surface area contributed by atoms with Crippen LogP contribution in [0.3, 0.4) is 0 Å². The van der Waals surface area contributed by atoms with Gasteiger partial charge < -0.3 is 14.9 Å². The third kappa shape index (κ3) is 2.26. The van der Waals surface area contributed by atoms with E-state index >= 15 is 0 Å². The van der Waals surface area contributed by atoms with Crippen molar-refractivity contribution in [2.45, 2.75) is 18.8 Å². The molecule has 1 saturated heterocycles. The number of carbonyl (C=O) groups excluding carboxylic acids is 1. The summed E-state index contributed by atoms with van der Waals surface area (Å²) in [4.78, 5) is 12.2. The SMILES string of the molecule is Nc1cc(C2CCOCC2)nn1C(=O)c1ccoc1. The minimum absolute atomic E-state index is 0.274. The zero-order chi connectivity index (χ0) is 13.2. The Balaban J connectivity index is 1.87. The fraction of sp³-hybridized carbons (Fsp3) is 0.385. The Labute approximate surface area is 110 Å². The molecule has 3 rings (SSSR count). The average molecular weight is 261 g/mol. The van der Waals surface area contributed by atoms with Crippen LogP contribution >= 0.6 is 0 Å². The standard InChI is InChI=1S/C13H15N3O3/c14-12-7-11(9-1-4-18-5-2-9)15-16(12)13(17)10-3-6-19-8-10/h3,6-9H,1-2,4-5,14H2. The molecule has 0 unspecified atom stereocenters. The second-order valence-electron chi connectivity index (χ2n) is 4.61. The van der Waals surface area contributed by atoms with Gasteiger partial charge in [0.05, 0.1) is 17.5 Å². The molecule has 0 radical (unpaired) electrons. The molecule has 0 aromatic carbocycles. The normalized spacial score (nSPS) is 16.6. The Kier molecular flexibility index (Phi) is 3.08. The van der Waals surface area contributed by atoms with Gasteiger partial charge in [-0.3, -0.25) is 4.79 Å². The van der Waals surface area contributed by atoms with Crippen molar-refractivity contribution in [3.8, 4) is 0 Å². The van der Waals surface area contributed by atoms with Crippen LogP contribution < -0.4 is 5.73 Å². The van der Waals surface area contributed by atoms with E-state index in [-0.39, 0.29) is 5.91 Å². The smallest absolute Gasteiger partial charge is 0.283 e. The van der Waals surface area contributed by atoms with Gasteiger partial charge in [-0.05, 0) is 18.9 Å². The highest BCUT2D eigenvalue weighted by atomic mass is 16.5. The van der Waals surface area contributed by atoms with Gasteiger partial charge in [-0.15, -0.1) is 0 Å². The third-order valence-electron chi connectivity index (χ3n) is 3.36. The van der Waals surface area contributed by atoms with Gasteiger partial charge in [0.1, 0.15) is 12.1 Å². The first-order chi connectivity index (χ1) is 9.25. The van der Waals surface area contributed by atoms with Gasteiger partial charge in [0.15, 0.2) is 0 Å². The number of rotatable bonds is 2. The Hall–Kier alpha value is -2.08. The topological polar surface area (TPSA) is 83.3 Å². The van der Waals surface area contributed by atoms with Crippen molar-refractivity contribution in [1.29, 1.82) is 0 Å². The summed E-state index contributed by atoms with van der Waals surface area (Å²) in [5.41, 5.74) is 7.17. The van der Waals surface area contributed by atoms with Gasteiger partial charge in [-0.1, -0.05) is 0 Å². The van der Waals surface area contributed by atoms with Crippen LogP contribution in [0.1, 0.15) is 34.8 Å². The third-order valence-corrected chi connectivity index (χ3v) is 3.36. The fourth-order valence-electron chi connectivity index (χ4n) is 2.28. The number of nitrogens with two attached hydrogens (primary N) is 1. The van der Waals surface area contributed by atoms with Gasteiger partial charge >= 0.3 is 0 Å². The molecule has 6 nitrogen and oxygen atoms in total. The van der Waals surface area contributed by atoms with Crippen LogP contribution in [0.5, 0.6) is 0 Å². The second-order valence-corrected chi connectivity index (χ2v) is 4.61. The Morgan fingerprint density at radius 1 is 1.42 bits per heavy atom. The average Bonchev–Trinajstić information content (AvgIpc) is 3.08. The number of furan rings is 1. The van der Waals surface area contributed by atoms with Crippen LogP contribution in [0.15, 0.2) is 29.1 Å². The zero-order valence-electron chi connectivity index (χ0n) is 10.4. The van der Waals surface area contributed by atoms with Gasteiger partial charge in [-0.25, -0.2) is 0 Å². The number of carbonyl (C=O) groups is 1. The first-order valence-electron chi connectivity index (χ1n) is 6.26. The van der Waals surface area contributed by atoms with E-state index in [1.54, 1.807) is 12.1 Å². The van der Waals surface area contributed by atoms with Crippen LogP contribution in [-0.4, -0.2) is 28.9 Å². The molecule has 19 heavy (non-hydrogen) atoms. The molecular formula is C13H15N3O3. The van der Waals surface area contributed by atoms with Crippen molar-refractivity contribution in [2.24, 2.45) is 0 Å². The molecule has 100 valence electrons. The minimum atomic E-state index is -0.274. The highest BCUT2D eigenvalue weighted by Gasteiger charge is 2.22. The van der Waals surface area contributed by atoms with Crippen LogP contribution in [0, 0.1) is 0 Å². The summed E-state index contributed by atoms with van der Waals surface area (Å²) in [6.07, 6.45) is 4.66. The molecule has 1 aliphatic heterocycles. The first kappa shape index (κ1) is 12.0. The number of hydrogen-bond acceptors (Lipinski definition) is 5. The van der Waals surface area contributed by atoms with Crippen molar-refractivity contribution in [3.63, 3.8) is 0 Å². The Morgan fingerprint density at radius 3 is 2.89 bits per heavy atom. The van der Waals surface area contributed by atoms with E-state index in [0.717, 1.165) is 31.7 Å². The minimum Gasteiger partial charge on any atom is -0.472 e. The second kappa shape index (κ2) is 4.89. The number of anilines is 1. The van der Waals surface area contributed by atoms with Crippen LogP contribution in [0.2, 0.25) is 0 Å². The zero-order valence-corrected chi connectivity index (χ0v) is 10.4. The predicted molar refractivity (Wildman–Crippen MR) is 67.9 cm³/mol. The molecule has 2 aromatic heterocycles. The largest absolute Gasteiger partial charge is 0.472 e. The van der Waals surface area contributed by atoms with Gasteiger partial charge in [0.2, 0.25) is 0 Å². The molecule has 2 aromatic rings. The molecule has 0 saturated carbocycles. The maximum atomic E-state index is 12.2. The van der Waals surface area contributed by atoms with Crippen molar-refractivity contribution in [3.05, 3.63) is 35.9 Å². The number of hydrogen-bond donors (Lipinski definition) is 1. The number of nitrogen functional groups attached to an aromatic ring is 1. The van der Waals surface area contributed by atoms with E-state index in [1.807, 2.05) is 0 Å². The van der Waals surface area contributed by atoms with E-state index in [0.29, 0.717) is 17.3 Å². The highest BCUT2D eigenvalue weighted by Crippen LogP contribution is 2.27. The monoisotopic (exact) mass is 261 g/mol. The van der Waals surface area contributed by atoms with Crippen molar-refractivity contribution >= 4 is 11.7 Å². The summed E-state index contributed by atoms with van der Waals surface area (Å²) >= 11 is 0. The fourth-order valence-corrected chi connectivity index (χ4v) is 2.28. The molecule has 0 atom stereocenters. The summed E-state index contributed by atoms with van der Waals surface area (Å²) in [5, 5.41) is 4.33. The quantitative estimate of drug-likeness (QED) is 0.888. The lowest BCUT2D eigenvalue weighted by Crippen LogP contribution is -2.17. The van der Waals surface area contributed by atoms with E-state index in [9.17, 15) is 4.79 Å². The summed E-state index contributed by atoms with van der Waals surface area (Å²) in [5.74, 6) is 0.395. The molecular weight excluding hydrogens is 246 g/mol. The van der Waals surface area contributed by atoms with E-state index < -0.39 is 0 Å². The lowest BCUT2D eigenvalue weighted by molar-refractivity contribution is 0.0840. The summed E-state index contributed by atoms with van der Waals surface area (Å²) < 4.78 is 11.5. The maximum Gasteiger partial charge on any atom is 0.283 e. The molecule has 1 aliphatic rings. The van der Waals surface area contributed by atoms with Gasteiger partial charge in [-0.2, -0.15) is 9.78 Å². The molecule has 0 spiro atoms. The predicted octanol–water partition coefficient (Wildman–Crippen LogP) is 1.64. The van der Waals surface area contributed by atoms with Crippen molar-refractivity contribution < 1.29 is 13.9 Å². The molecule has 0 amide bonds. The number of aromatic nitrogens is 2. The van der Waals surface area contributed by atoms with Crippen LogP contribution in [0.25, 0.3) is 0 Å². The van der Waals surface area contributed by atoms with E-state index in [4.69, 9.17) is 14.9 Å². The highest BCUT2D eigenvalue weighted by molar-refractivity contribution is 5.96. The molecule has 6 heteroatoms. The Morgan fingerprint density at radius 2 is 2.21 bits per heavy atom. The Bertz CT molecular complexity index is 568. The lowest BCUT2D eigenvalue weighted by atomic mass is 9.97. The molecule has 1 fully saturated rings. The first-order valence-corrected chi connectivity index (χ1v) is 6.26. The molecule has 3 heterocycles. The maximum absolute atomic E-state index is 12.2. The van der Waals surface area contributed by atoms with E-state index in [2.05, 4.69) is 5.10 Å². The summed E-state index contributed by atoms with van der Waals surface area (Å²) in [6, 6.07) is 3.37. The summed E-state index contributed by atoms with van der Waals surface area (Å²) in [6.45, 7) is 1.46. The van der Waals surface area contributed by atoms with E-state index in [1.165, 1.54) is 17.2 Å². The van der Waals surface area contributed by atoms with Crippen molar-refractivity contribution in [1.82, 2.24) is 9.78 Å². The lowest BCUT2D eigenvalue weighted by Gasteiger charge is -2.19. The van der Waals surface area contributed by atoms with Crippen molar-refractivity contribution in [2.75, 3.05) is 18.9 Å². The van der Waals surface area contributed by atoms with Crippen LogP contribution in [-0.2, 0) is 4.74 Å². The van der Waals surface area contributed by atoms with Crippen LogP contribution in [0.4, 0.5) is 5.82 Å². The number of ether oxygens (including phenoxy) is 1. The summed E-state index contributed by atoms with van der Waals surface area (Å²) in [7, 11) is 0. The number of nitrogens with zero attached hydrogens (tertiary/aromatic N) is 2. The van der Waals surface area contributed by atoms with Gasteiger partial charge in [0, 0.05) is 25.2 Å². The molecule has 0 bridgehead atoms.